The van der Waals surface area contributed by atoms with Crippen molar-refractivity contribution in [3.05, 3.63) is 88.9 Å². The summed E-state index contributed by atoms with van der Waals surface area (Å²) in [5.41, 5.74) is 2.72. The summed E-state index contributed by atoms with van der Waals surface area (Å²) in [5, 5.41) is 3.39. The lowest BCUT2D eigenvalue weighted by molar-refractivity contribution is 0.101. The lowest BCUT2D eigenvalue weighted by Crippen LogP contribution is -2.11. The standard InChI is InChI=1S/C22H15ClN2O2S2/c23-16-8-4-7-15(11-16)21(27)24-17-9-10-18-20(12-17)29-22(25-18)28-13-19(26)14-5-2-1-3-6-14/h1-12H,13H2,(H,24,27). The molecule has 4 nitrogen and oxygen atoms in total. The number of hydrogen-bond donors (Lipinski definition) is 1. The highest BCUT2D eigenvalue weighted by Gasteiger charge is 2.11. The van der Waals surface area contributed by atoms with Crippen molar-refractivity contribution in [2.45, 2.75) is 4.34 Å². The number of benzene rings is 3. The number of Topliss-reactive ketones (excluding diaryl/α,β-unsaturated/α-hetero) is 1. The van der Waals surface area contributed by atoms with E-state index in [0.29, 0.717) is 27.6 Å². The Morgan fingerprint density at radius 3 is 2.55 bits per heavy atom. The van der Waals surface area contributed by atoms with Crippen LogP contribution in [0, 0.1) is 0 Å². The van der Waals surface area contributed by atoms with E-state index in [1.807, 2.05) is 48.5 Å². The molecule has 0 radical (unpaired) electrons. The zero-order valence-corrected chi connectivity index (χ0v) is 17.5. The largest absolute Gasteiger partial charge is 0.322 e. The Morgan fingerprint density at radius 1 is 0.966 bits per heavy atom. The molecule has 29 heavy (non-hydrogen) atoms. The van der Waals surface area contributed by atoms with Gasteiger partial charge >= 0.3 is 0 Å². The van der Waals surface area contributed by atoms with Crippen LogP contribution in [0.3, 0.4) is 0 Å². The third kappa shape index (κ3) is 4.85. The van der Waals surface area contributed by atoms with Gasteiger partial charge in [-0.15, -0.1) is 11.3 Å². The van der Waals surface area contributed by atoms with Gasteiger partial charge < -0.3 is 5.32 Å². The van der Waals surface area contributed by atoms with E-state index in [4.69, 9.17) is 11.6 Å². The number of ketones is 1. The van der Waals surface area contributed by atoms with Crippen LogP contribution in [0.4, 0.5) is 5.69 Å². The van der Waals surface area contributed by atoms with Crippen LogP contribution >= 0.6 is 34.7 Å². The number of fused-ring (bicyclic) bond motifs is 1. The fourth-order valence-electron chi connectivity index (χ4n) is 2.71. The molecule has 0 fully saturated rings. The number of carbonyl (C=O) groups excluding carboxylic acids is 2. The second-order valence-corrected chi connectivity index (χ2v) is 8.89. The maximum absolute atomic E-state index is 12.4. The second-order valence-electron chi connectivity index (χ2n) is 6.20. The number of rotatable bonds is 6. The zero-order valence-electron chi connectivity index (χ0n) is 15.1. The molecule has 0 atom stereocenters. The lowest BCUT2D eigenvalue weighted by atomic mass is 10.2. The van der Waals surface area contributed by atoms with Crippen molar-refractivity contribution in [3.63, 3.8) is 0 Å². The Kier molecular flexibility index (Phi) is 5.94. The summed E-state index contributed by atoms with van der Waals surface area (Å²) in [7, 11) is 0. The van der Waals surface area contributed by atoms with E-state index in [9.17, 15) is 9.59 Å². The summed E-state index contributed by atoms with van der Waals surface area (Å²) < 4.78 is 1.77. The number of halogens is 1. The first-order chi connectivity index (χ1) is 14.1. The topological polar surface area (TPSA) is 59.1 Å². The Morgan fingerprint density at radius 2 is 1.76 bits per heavy atom. The molecule has 4 aromatic rings. The van der Waals surface area contributed by atoms with E-state index >= 15 is 0 Å². The maximum Gasteiger partial charge on any atom is 0.255 e. The molecule has 1 aromatic heterocycles. The minimum Gasteiger partial charge on any atom is -0.322 e. The molecule has 1 amide bonds. The van der Waals surface area contributed by atoms with Crippen molar-refractivity contribution in [2.75, 3.05) is 11.1 Å². The van der Waals surface area contributed by atoms with Gasteiger partial charge in [0, 0.05) is 21.8 Å². The molecule has 0 saturated heterocycles. The van der Waals surface area contributed by atoms with Crippen LogP contribution in [0.5, 0.6) is 0 Å². The number of nitrogens with zero attached hydrogens (tertiary/aromatic N) is 1. The van der Waals surface area contributed by atoms with E-state index in [0.717, 1.165) is 14.6 Å². The highest BCUT2D eigenvalue weighted by molar-refractivity contribution is 8.01. The van der Waals surface area contributed by atoms with Gasteiger partial charge in [-0.3, -0.25) is 9.59 Å². The zero-order chi connectivity index (χ0) is 20.2. The average Bonchev–Trinajstić information content (AvgIpc) is 3.15. The molecule has 7 heteroatoms. The first-order valence-corrected chi connectivity index (χ1v) is 10.9. The number of thioether (sulfide) groups is 1. The van der Waals surface area contributed by atoms with Gasteiger partial charge in [0.25, 0.3) is 5.91 Å². The fraction of sp³-hybridized carbons (Fsp3) is 0.0455. The Balaban J connectivity index is 1.45. The molecule has 0 aliphatic carbocycles. The van der Waals surface area contributed by atoms with E-state index in [1.165, 1.54) is 23.1 Å². The van der Waals surface area contributed by atoms with Gasteiger partial charge in [-0.1, -0.05) is 59.8 Å². The number of amides is 1. The van der Waals surface area contributed by atoms with Crippen LogP contribution in [-0.2, 0) is 0 Å². The van der Waals surface area contributed by atoms with Crippen molar-refractivity contribution in [1.82, 2.24) is 4.98 Å². The van der Waals surface area contributed by atoms with Gasteiger partial charge in [-0.05, 0) is 36.4 Å². The monoisotopic (exact) mass is 438 g/mol. The van der Waals surface area contributed by atoms with Crippen LogP contribution in [-0.4, -0.2) is 22.4 Å². The van der Waals surface area contributed by atoms with E-state index in [1.54, 1.807) is 24.3 Å². The first kappa shape index (κ1) is 19.6. The first-order valence-electron chi connectivity index (χ1n) is 8.77. The number of carbonyl (C=O) groups is 2. The van der Waals surface area contributed by atoms with Gasteiger partial charge in [-0.25, -0.2) is 4.98 Å². The van der Waals surface area contributed by atoms with Crippen LogP contribution < -0.4 is 5.32 Å². The molecule has 0 saturated carbocycles. The maximum atomic E-state index is 12.4. The van der Waals surface area contributed by atoms with Gasteiger partial charge in [-0.2, -0.15) is 0 Å². The second kappa shape index (κ2) is 8.78. The molecule has 144 valence electrons. The summed E-state index contributed by atoms with van der Waals surface area (Å²) in [6, 6.07) is 21.6. The number of anilines is 1. The molecule has 0 spiro atoms. The molecule has 0 aliphatic heterocycles. The van der Waals surface area contributed by atoms with Gasteiger partial charge in [0.2, 0.25) is 0 Å². The highest BCUT2D eigenvalue weighted by Crippen LogP contribution is 2.31. The molecule has 1 heterocycles. The van der Waals surface area contributed by atoms with Gasteiger partial charge in [0.1, 0.15) is 0 Å². The molecule has 0 bridgehead atoms. The lowest BCUT2D eigenvalue weighted by Gasteiger charge is -2.05. The number of nitrogens with one attached hydrogen (secondary N) is 1. The minimum absolute atomic E-state index is 0.0735. The van der Waals surface area contributed by atoms with Crippen molar-refractivity contribution in [2.24, 2.45) is 0 Å². The van der Waals surface area contributed by atoms with Crippen molar-refractivity contribution >= 4 is 62.3 Å². The Labute approximate surface area is 180 Å². The third-order valence-corrected chi connectivity index (χ3v) is 6.53. The summed E-state index contributed by atoms with van der Waals surface area (Å²) in [6.07, 6.45) is 0. The van der Waals surface area contributed by atoms with E-state index < -0.39 is 0 Å². The summed E-state index contributed by atoms with van der Waals surface area (Å²) in [4.78, 5) is 29.2. The fourth-order valence-corrected chi connectivity index (χ4v) is 4.90. The molecule has 0 aliphatic rings. The summed E-state index contributed by atoms with van der Waals surface area (Å²) >= 11 is 8.88. The normalized spacial score (nSPS) is 10.8. The Hall–Kier alpha value is -2.67. The number of aromatic nitrogens is 1. The Bertz CT molecular complexity index is 1190. The van der Waals surface area contributed by atoms with Crippen LogP contribution in [0.1, 0.15) is 20.7 Å². The van der Waals surface area contributed by atoms with Crippen molar-refractivity contribution in [3.8, 4) is 0 Å². The summed E-state index contributed by atoms with van der Waals surface area (Å²) in [6.45, 7) is 0. The quantitative estimate of drug-likeness (QED) is 0.288. The van der Waals surface area contributed by atoms with Gasteiger partial charge in [0.05, 0.1) is 16.0 Å². The third-order valence-electron chi connectivity index (χ3n) is 4.14. The van der Waals surface area contributed by atoms with Crippen LogP contribution in [0.25, 0.3) is 10.2 Å². The molecular formula is C22H15ClN2O2S2. The average molecular weight is 439 g/mol. The molecular weight excluding hydrogens is 424 g/mol. The minimum atomic E-state index is -0.223. The van der Waals surface area contributed by atoms with Crippen molar-refractivity contribution < 1.29 is 9.59 Å². The van der Waals surface area contributed by atoms with Gasteiger partial charge in [0.15, 0.2) is 10.1 Å². The predicted octanol–water partition coefficient (Wildman–Crippen LogP) is 6.18. The number of hydrogen-bond acceptors (Lipinski definition) is 5. The predicted molar refractivity (Wildman–Crippen MR) is 121 cm³/mol. The molecule has 3 aromatic carbocycles. The SMILES string of the molecule is O=C(CSc1nc2ccc(NC(=O)c3cccc(Cl)c3)cc2s1)c1ccccc1. The number of thiazole rings is 1. The molecule has 0 unspecified atom stereocenters. The smallest absolute Gasteiger partial charge is 0.255 e. The van der Waals surface area contributed by atoms with Crippen molar-refractivity contribution in [1.29, 1.82) is 0 Å². The van der Waals surface area contributed by atoms with E-state index in [2.05, 4.69) is 10.3 Å². The molecule has 4 rings (SSSR count). The molecule has 1 N–H and O–H groups in total. The summed E-state index contributed by atoms with van der Waals surface area (Å²) in [5.74, 6) is 0.186. The van der Waals surface area contributed by atoms with Crippen LogP contribution in [0.15, 0.2) is 77.1 Å². The van der Waals surface area contributed by atoms with E-state index in [-0.39, 0.29) is 11.7 Å². The van der Waals surface area contributed by atoms with Crippen LogP contribution in [0.2, 0.25) is 5.02 Å². The highest BCUT2D eigenvalue weighted by atomic mass is 35.5.